The number of rotatable bonds is 3. The Kier molecular flexibility index (Phi) is 3.84. The maximum atomic E-state index is 12.3. The van der Waals surface area contributed by atoms with Crippen LogP contribution in [0.15, 0.2) is 42.5 Å². The van der Waals surface area contributed by atoms with Crippen LogP contribution in [0.3, 0.4) is 0 Å². The van der Waals surface area contributed by atoms with Gasteiger partial charge in [-0.2, -0.15) is 0 Å². The van der Waals surface area contributed by atoms with Gasteiger partial charge in [-0.15, -0.1) is 0 Å². The molecule has 0 aliphatic rings. The van der Waals surface area contributed by atoms with E-state index in [0.717, 1.165) is 0 Å². The smallest absolute Gasteiger partial charge is 0.251 e. The number of hydrogen-bond donors (Lipinski definition) is 2. The highest BCUT2D eigenvalue weighted by Crippen LogP contribution is 2.24. The number of carbonyl (C=O) groups is 2. The summed E-state index contributed by atoms with van der Waals surface area (Å²) in [4.78, 5) is 23.7. The third-order valence-corrected chi connectivity index (χ3v) is 3.12. The largest absolute Gasteiger partial charge is 0.507 e. The van der Waals surface area contributed by atoms with Crippen molar-refractivity contribution in [1.82, 2.24) is 5.32 Å². The van der Waals surface area contributed by atoms with Crippen molar-refractivity contribution < 1.29 is 14.7 Å². The highest BCUT2D eigenvalue weighted by molar-refractivity contribution is 6.11. The zero-order valence-corrected chi connectivity index (χ0v) is 11.3. The fourth-order valence-electron chi connectivity index (χ4n) is 1.92. The molecule has 4 heteroatoms. The van der Waals surface area contributed by atoms with Crippen LogP contribution in [0.25, 0.3) is 0 Å². The van der Waals surface area contributed by atoms with E-state index in [-0.39, 0.29) is 23.0 Å². The molecule has 2 rings (SSSR count). The van der Waals surface area contributed by atoms with Crippen LogP contribution in [-0.2, 0) is 0 Å². The molecule has 0 saturated heterocycles. The Bertz CT molecular complexity index is 660. The third kappa shape index (κ3) is 2.54. The highest BCUT2D eigenvalue weighted by atomic mass is 16.3. The van der Waals surface area contributed by atoms with Crippen LogP contribution in [0.2, 0.25) is 0 Å². The number of hydrogen-bond acceptors (Lipinski definition) is 3. The monoisotopic (exact) mass is 269 g/mol. The molecule has 4 nitrogen and oxygen atoms in total. The molecule has 20 heavy (non-hydrogen) atoms. The van der Waals surface area contributed by atoms with Crippen molar-refractivity contribution in [2.24, 2.45) is 0 Å². The standard InChI is InChI=1S/C16H15NO3/c1-10-4-3-5-13(14(10)18)15(19)11-6-8-12(9-7-11)16(20)17-2/h3-9,18H,1-2H3,(H,17,20). The second kappa shape index (κ2) is 5.57. The molecule has 2 aromatic rings. The molecule has 0 bridgehead atoms. The summed E-state index contributed by atoms with van der Waals surface area (Å²) in [5.74, 6) is -0.482. The number of amides is 1. The van der Waals surface area contributed by atoms with Gasteiger partial charge in [0.05, 0.1) is 5.56 Å². The van der Waals surface area contributed by atoms with Gasteiger partial charge in [0.25, 0.3) is 5.91 Å². The Morgan fingerprint density at radius 2 is 1.60 bits per heavy atom. The Balaban J connectivity index is 2.34. The summed E-state index contributed by atoms with van der Waals surface area (Å²) in [5.41, 5.74) is 1.83. The molecule has 0 aliphatic carbocycles. The van der Waals surface area contributed by atoms with Gasteiger partial charge >= 0.3 is 0 Å². The van der Waals surface area contributed by atoms with E-state index in [1.165, 1.54) is 0 Å². The quantitative estimate of drug-likeness (QED) is 0.840. The molecule has 102 valence electrons. The summed E-state index contributed by atoms with van der Waals surface area (Å²) in [6.07, 6.45) is 0. The lowest BCUT2D eigenvalue weighted by atomic mass is 9.99. The Hall–Kier alpha value is -2.62. The summed E-state index contributed by atoms with van der Waals surface area (Å²) in [5, 5.41) is 12.4. The van der Waals surface area contributed by atoms with Crippen molar-refractivity contribution >= 4 is 11.7 Å². The van der Waals surface area contributed by atoms with Gasteiger partial charge in [0.15, 0.2) is 5.78 Å². The highest BCUT2D eigenvalue weighted by Gasteiger charge is 2.15. The van der Waals surface area contributed by atoms with Crippen molar-refractivity contribution in [1.29, 1.82) is 0 Å². The van der Waals surface area contributed by atoms with E-state index in [2.05, 4.69) is 5.32 Å². The predicted octanol–water partition coefficient (Wildman–Crippen LogP) is 2.29. The van der Waals surface area contributed by atoms with Gasteiger partial charge in [0.1, 0.15) is 5.75 Å². The van der Waals surface area contributed by atoms with E-state index in [9.17, 15) is 14.7 Å². The minimum Gasteiger partial charge on any atom is -0.507 e. The first kappa shape index (κ1) is 13.8. The number of para-hydroxylation sites is 1. The molecule has 0 aromatic heterocycles. The van der Waals surface area contributed by atoms with Crippen molar-refractivity contribution in [2.75, 3.05) is 7.05 Å². The fourth-order valence-corrected chi connectivity index (χ4v) is 1.92. The Morgan fingerprint density at radius 1 is 1.00 bits per heavy atom. The molecule has 0 unspecified atom stereocenters. The Morgan fingerprint density at radius 3 is 2.20 bits per heavy atom. The van der Waals surface area contributed by atoms with Crippen molar-refractivity contribution in [3.05, 3.63) is 64.7 Å². The van der Waals surface area contributed by atoms with E-state index in [1.807, 2.05) is 0 Å². The van der Waals surface area contributed by atoms with Crippen molar-refractivity contribution in [3.8, 4) is 5.75 Å². The molecular formula is C16H15NO3. The average Bonchev–Trinajstić information content (AvgIpc) is 2.48. The van der Waals surface area contributed by atoms with Gasteiger partial charge in [-0.25, -0.2) is 0 Å². The first-order valence-corrected chi connectivity index (χ1v) is 6.20. The lowest BCUT2D eigenvalue weighted by molar-refractivity contribution is 0.0961. The van der Waals surface area contributed by atoms with E-state index >= 15 is 0 Å². The van der Waals surface area contributed by atoms with Crippen LogP contribution in [-0.4, -0.2) is 23.8 Å². The third-order valence-electron chi connectivity index (χ3n) is 3.12. The van der Waals surface area contributed by atoms with Crippen molar-refractivity contribution in [2.45, 2.75) is 6.92 Å². The van der Waals surface area contributed by atoms with Crippen LogP contribution in [0.4, 0.5) is 0 Å². The van der Waals surface area contributed by atoms with Crippen molar-refractivity contribution in [3.63, 3.8) is 0 Å². The van der Waals surface area contributed by atoms with Crippen LogP contribution in [0.1, 0.15) is 31.8 Å². The van der Waals surface area contributed by atoms with E-state index < -0.39 is 0 Å². The zero-order valence-electron chi connectivity index (χ0n) is 11.3. The maximum Gasteiger partial charge on any atom is 0.251 e. The molecule has 2 N–H and O–H groups in total. The van der Waals surface area contributed by atoms with Gasteiger partial charge in [-0.3, -0.25) is 9.59 Å². The van der Waals surface area contributed by atoms with Crippen LogP contribution >= 0.6 is 0 Å². The molecule has 0 spiro atoms. The van der Waals surface area contributed by atoms with E-state index in [0.29, 0.717) is 16.7 Å². The molecule has 2 aromatic carbocycles. The van der Waals surface area contributed by atoms with Crippen LogP contribution in [0.5, 0.6) is 5.75 Å². The normalized spacial score (nSPS) is 10.1. The molecule has 0 atom stereocenters. The first-order valence-electron chi connectivity index (χ1n) is 6.20. The Labute approximate surface area is 117 Å². The number of phenols is 1. The summed E-state index contributed by atoms with van der Waals surface area (Å²) in [6, 6.07) is 11.4. The molecule has 0 saturated carbocycles. The molecule has 0 radical (unpaired) electrons. The average molecular weight is 269 g/mol. The fraction of sp³-hybridized carbons (Fsp3) is 0.125. The number of aryl methyl sites for hydroxylation is 1. The molecule has 0 heterocycles. The lowest BCUT2D eigenvalue weighted by Crippen LogP contribution is -2.17. The van der Waals surface area contributed by atoms with E-state index in [4.69, 9.17) is 0 Å². The van der Waals surface area contributed by atoms with Gasteiger partial charge in [0, 0.05) is 18.2 Å². The summed E-state index contributed by atoms with van der Waals surface area (Å²) in [7, 11) is 1.55. The second-order valence-electron chi connectivity index (χ2n) is 4.46. The first-order chi connectivity index (χ1) is 9.54. The van der Waals surface area contributed by atoms with E-state index in [1.54, 1.807) is 56.4 Å². The number of phenolic OH excluding ortho intramolecular Hbond substituents is 1. The minimum absolute atomic E-state index is 0.00659. The summed E-state index contributed by atoms with van der Waals surface area (Å²) < 4.78 is 0. The molecular weight excluding hydrogens is 254 g/mol. The number of aromatic hydroxyl groups is 1. The topological polar surface area (TPSA) is 66.4 Å². The van der Waals surface area contributed by atoms with Gasteiger partial charge < -0.3 is 10.4 Å². The number of nitrogens with one attached hydrogen (secondary N) is 1. The SMILES string of the molecule is CNC(=O)c1ccc(C(=O)c2cccc(C)c2O)cc1. The molecule has 0 fully saturated rings. The lowest BCUT2D eigenvalue weighted by Gasteiger charge is -2.07. The number of carbonyl (C=O) groups excluding carboxylic acids is 2. The summed E-state index contributed by atoms with van der Waals surface area (Å²) >= 11 is 0. The number of ketones is 1. The zero-order chi connectivity index (χ0) is 14.7. The number of benzene rings is 2. The summed E-state index contributed by atoms with van der Waals surface area (Å²) in [6.45, 7) is 1.74. The van der Waals surface area contributed by atoms with Crippen LogP contribution < -0.4 is 5.32 Å². The van der Waals surface area contributed by atoms with Crippen LogP contribution in [0, 0.1) is 6.92 Å². The molecule has 1 amide bonds. The molecule has 0 aliphatic heterocycles. The van der Waals surface area contributed by atoms with Gasteiger partial charge in [-0.1, -0.05) is 24.3 Å². The van der Waals surface area contributed by atoms with Gasteiger partial charge in [0.2, 0.25) is 0 Å². The minimum atomic E-state index is -0.269. The maximum absolute atomic E-state index is 12.3. The van der Waals surface area contributed by atoms with Gasteiger partial charge in [-0.05, 0) is 30.7 Å². The second-order valence-corrected chi connectivity index (χ2v) is 4.46. The predicted molar refractivity (Wildman–Crippen MR) is 76.1 cm³/mol.